The topological polar surface area (TPSA) is 39.3 Å². The molecule has 0 bridgehead atoms. The third kappa shape index (κ3) is 3.88. The minimum Gasteiger partial charge on any atom is -0.351 e. The summed E-state index contributed by atoms with van der Waals surface area (Å²) < 4.78 is 13.4. The largest absolute Gasteiger partial charge is 0.351 e. The quantitative estimate of drug-likeness (QED) is 0.763. The molecule has 2 aromatic carbocycles. The van der Waals surface area contributed by atoms with Crippen molar-refractivity contribution in [2.75, 3.05) is 26.2 Å². The molecular weight excluding hydrogens is 341 g/mol. The number of fused-ring (bicyclic) bond motifs is 1. The third-order valence-corrected chi connectivity index (χ3v) is 5.34. The van der Waals surface area contributed by atoms with Crippen molar-refractivity contribution in [2.45, 2.75) is 19.9 Å². The number of aromatic amines is 1. The number of carbonyl (C=O) groups is 1. The highest BCUT2D eigenvalue weighted by Gasteiger charge is 2.22. The molecule has 3 aromatic rings. The average molecular weight is 365 g/mol. The first-order valence-corrected chi connectivity index (χ1v) is 9.44. The van der Waals surface area contributed by atoms with Gasteiger partial charge in [0.05, 0.1) is 0 Å². The Morgan fingerprint density at radius 2 is 1.93 bits per heavy atom. The van der Waals surface area contributed by atoms with Crippen LogP contribution in [0.4, 0.5) is 4.39 Å². The summed E-state index contributed by atoms with van der Waals surface area (Å²) >= 11 is 0. The Labute approximate surface area is 158 Å². The summed E-state index contributed by atoms with van der Waals surface area (Å²) in [5.74, 6) is -0.300. The molecule has 1 aliphatic heterocycles. The van der Waals surface area contributed by atoms with E-state index in [-0.39, 0.29) is 11.7 Å². The Morgan fingerprint density at radius 3 is 2.78 bits per heavy atom. The number of amides is 1. The van der Waals surface area contributed by atoms with Crippen LogP contribution in [0.25, 0.3) is 10.9 Å². The van der Waals surface area contributed by atoms with Crippen LogP contribution in [0.1, 0.15) is 28.0 Å². The van der Waals surface area contributed by atoms with E-state index in [0.717, 1.165) is 43.5 Å². The van der Waals surface area contributed by atoms with E-state index in [1.807, 2.05) is 4.90 Å². The number of hydrogen-bond acceptors (Lipinski definition) is 2. The summed E-state index contributed by atoms with van der Waals surface area (Å²) in [6, 6.07) is 14.7. The number of aromatic nitrogens is 1. The lowest BCUT2D eigenvalue weighted by Gasteiger charge is -2.22. The molecule has 1 saturated heterocycles. The zero-order valence-electron chi connectivity index (χ0n) is 15.5. The number of nitrogens with zero attached hydrogens (tertiary/aromatic N) is 2. The molecule has 4 nitrogen and oxygen atoms in total. The number of halogens is 1. The van der Waals surface area contributed by atoms with Crippen molar-refractivity contribution in [1.82, 2.24) is 14.8 Å². The van der Waals surface area contributed by atoms with Crippen LogP contribution in [0.2, 0.25) is 0 Å². The summed E-state index contributed by atoms with van der Waals surface area (Å²) in [6.45, 7) is 6.34. The van der Waals surface area contributed by atoms with Crippen molar-refractivity contribution >= 4 is 16.8 Å². The molecule has 5 heteroatoms. The van der Waals surface area contributed by atoms with Crippen LogP contribution >= 0.6 is 0 Å². The smallest absolute Gasteiger partial charge is 0.270 e. The molecule has 4 rings (SSSR count). The van der Waals surface area contributed by atoms with E-state index in [0.29, 0.717) is 12.2 Å². The first-order valence-electron chi connectivity index (χ1n) is 9.44. The molecule has 1 amide bonds. The van der Waals surface area contributed by atoms with Gasteiger partial charge in [-0.1, -0.05) is 24.3 Å². The van der Waals surface area contributed by atoms with Gasteiger partial charge in [-0.3, -0.25) is 9.69 Å². The van der Waals surface area contributed by atoms with E-state index >= 15 is 0 Å². The molecule has 2 heterocycles. The molecule has 0 saturated carbocycles. The lowest BCUT2D eigenvalue weighted by Crippen LogP contribution is -2.35. The van der Waals surface area contributed by atoms with Crippen LogP contribution in [0.3, 0.4) is 0 Å². The molecular formula is C22H24FN3O. The second-order valence-corrected chi connectivity index (χ2v) is 7.26. The van der Waals surface area contributed by atoms with Crippen molar-refractivity contribution in [2.24, 2.45) is 0 Å². The zero-order valence-corrected chi connectivity index (χ0v) is 15.5. The number of hydrogen-bond donors (Lipinski definition) is 1. The van der Waals surface area contributed by atoms with Crippen molar-refractivity contribution in [3.8, 4) is 0 Å². The van der Waals surface area contributed by atoms with Gasteiger partial charge >= 0.3 is 0 Å². The minimum absolute atomic E-state index is 0.00986. The highest BCUT2D eigenvalue weighted by molar-refractivity contribution is 5.98. The first kappa shape index (κ1) is 17.7. The summed E-state index contributed by atoms with van der Waals surface area (Å²) in [6.07, 6.45) is 0.951. The number of nitrogens with one attached hydrogen (secondary N) is 1. The van der Waals surface area contributed by atoms with Gasteiger partial charge in [-0.25, -0.2) is 4.39 Å². The maximum atomic E-state index is 13.4. The molecule has 0 radical (unpaired) electrons. The van der Waals surface area contributed by atoms with Crippen LogP contribution < -0.4 is 0 Å². The van der Waals surface area contributed by atoms with E-state index in [9.17, 15) is 9.18 Å². The van der Waals surface area contributed by atoms with Crippen LogP contribution in [0.15, 0.2) is 48.5 Å². The molecule has 1 fully saturated rings. The van der Waals surface area contributed by atoms with E-state index in [1.165, 1.54) is 23.3 Å². The predicted octanol–water partition coefficient (Wildman–Crippen LogP) is 3.96. The van der Waals surface area contributed by atoms with Crippen LogP contribution in [0.5, 0.6) is 0 Å². The number of aryl methyl sites for hydroxylation is 1. The van der Waals surface area contributed by atoms with Crippen molar-refractivity contribution in [1.29, 1.82) is 0 Å². The second kappa shape index (κ2) is 7.53. The Bertz CT molecular complexity index is 965. The fraction of sp³-hybridized carbons (Fsp3) is 0.318. The lowest BCUT2D eigenvalue weighted by molar-refractivity contribution is 0.0756. The van der Waals surface area contributed by atoms with Gasteiger partial charge in [0.25, 0.3) is 5.91 Å². The van der Waals surface area contributed by atoms with Gasteiger partial charge in [-0.05, 0) is 48.7 Å². The lowest BCUT2D eigenvalue weighted by atomic mass is 10.1. The van der Waals surface area contributed by atoms with Gasteiger partial charge in [-0.15, -0.1) is 0 Å². The standard InChI is InChI=1S/C22H24FN3O/c1-16-5-2-3-6-17(16)15-25-9-4-10-26(12-11-25)22(27)21-14-18-13-19(23)7-8-20(18)24-21/h2-3,5-8,13-14,24H,4,9-12,15H2,1H3. The van der Waals surface area contributed by atoms with Crippen molar-refractivity contribution in [3.05, 3.63) is 71.2 Å². The molecule has 27 heavy (non-hydrogen) atoms. The van der Waals surface area contributed by atoms with Gasteiger partial charge in [0, 0.05) is 43.6 Å². The van der Waals surface area contributed by atoms with Gasteiger partial charge in [-0.2, -0.15) is 0 Å². The normalized spacial score (nSPS) is 15.9. The van der Waals surface area contributed by atoms with Crippen LogP contribution in [0, 0.1) is 12.7 Å². The minimum atomic E-state index is -0.290. The van der Waals surface area contributed by atoms with Crippen LogP contribution in [-0.4, -0.2) is 46.9 Å². The Balaban J connectivity index is 1.44. The molecule has 140 valence electrons. The summed E-state index contributed by atoms with van der Waals surface area (Å²) in [5, 5.41) is 0.731. The summed E-state index contributed by atoms with van der Waals surface area (Å²) in [5.41, 5.74) is 3.97. The predicted molar refractivity (Wildman–Crippen MR) is 105 cm³/mol. The summed E-state index contributed by atoms with van der Waals surface area (Å²) in [4.78, 5) is 20.4. The molecule has 0 atom stereocenters. The zero-order chi connectivity index (χ0) is 18.8. The number of benzene rings is 2. The van der Waals surface area contributed by atoms with E-state index < -0.39 is 0 Å². The maximum absolute atomic E-state index is 13.4. The molecule has 1 aliphatic rings. The highest BCUT2D eigenvalue weighted by Crippen LogP contribution is 2.19. The van der Waals surface area contributed by atoms with Crippen molar-refractivity contribution in [3.63, 3.8) is 0 Å². The SMILES string of the molecule is Cc1ccccc1CN1CCCN(C(=O)c2cc3cc(F)ccc3[nH]2)CC1. The van der Waals surface area contributed by atoms with E-state index in [1.54, 1.807) is 12.1 Å². The van der Waals surface area contributed by atoms with Crippen molar-refractivity contribution < 1.29 is 9.18 Å². The second-order valence-electron chi connectivity index (χ2n) is 7.26. The maximum Gasteiger partial charge on any atom is 0.270 e. The van der Waals surface area contributed by atoms with E-state index in [4.69, 9.17) is 0 Å². The molecule has 0 spiro atoms. The Kier molecular flexibility index (Phi) is 4.94. The Hall–Kier alpha value is -2.66. The third-order valence-electron chi connectivity index (χ3n) is 5.34. The fourth-order valence-electron chi connectivity index (χ4n) is 3.75. The fourth-order valence-corrected chi connectivity index (χ4v) is 3.75. The number of carbonyl (C=O) groups excluding carboxylic acids is 1. The number of H-pyrrole nitrogens is 1. The monoisotopic (exact) mass is 365 g/mol. The number of rotatable bonds is 3. The van der Waals surface area contributed by atoms with Gasteiger partial charge < -0.3 is 9.88 Å². The molecule has 1 N–H and O–H groups in total. The summed E-state index contributed by atoms with van der Waals surface area (Å²) in [7, 11) is 0. The molecule has 0 aliphatic carbocycles. The first-order chi connectivity index (χ1) is 13.1. The van der Waals surface area contributed by atoms with Gasteiger partial charge in [0.2, 0.25) is 0 Å². The van der Waals surface area contributed by atoms with Crippen LogP contribution in [-0.2, 0) is 6.54 Å². The van der Waals surface area contributed by atoms with Gasteiger partial charge in [0.1, 0.15) is 11.5 Å². The van der Waals surface area contributed by atoms with Gasteiger partial charge in [0.15, 0.2) is 0 Å². The van der Waals surface area contributed by atoms with E-state index in [2.05, 4.69) is 41.1 Å². The Morgan fingerprint density at radius 1 is 1.07 bits per heavy atom. The molecule has 0 unspecified atom stereocenters. The molecule has 1 aromatic heterocycles. The highest BCUT2D eigenvalue weighted by atomic mass is 19.1. The average Bonchev–Trinajstić information content (AvgIpc) is 2.94.